The Hall–Kier alpha value is -3.63. The van der Waals surface area contributed by atoms with Crippen LogP contribution in [-0.2, 0) is 9.53 Å². The third-order valence-corrected chi connectivity index (χ3v) is 5.42. The van der Waals surface area contributed by atoms with Gasteiger partial charge in [0.2, 0.25) is 0 Å². The van der Waals surface area contributed by atoms with E-state index in [0.717, 1.165) is 4.68 Å². The molecule has 2 aromatic carbocycles. The highest BCUT2D eigenvalue weighted by Gasteiger charge is 2.19. The highest BCUT2D eigenvalue weighted by Crippen LogP contribution is 2.36. The lowest BCUT2D eigenvalue weighted by molar-refractivity contribution is -0.137. The second kappa shape index (κ2) is 10.5. The van der Waals surface area contributed by atoms with Crippen LogP contribution in [0.3, 0.4) is 0 Å². The van der Waals surface area contributed by atoms with Crippen molar-refractivity contribution in [3.05, 3.63) is 67.8 Å². The number of hydrogen-bond donors (Lipinski definition) is 1. The summed E-state index contributed by atoms with van der Waals surface area (Å²) in [5.41, 5.74) is -0.315. The SMILES string of the molecule is CCOc1cc(C=Nn2c(=O)[nH]c3ccccc3c2=O)cc(Cl)c1OCC(=O)N1CCOCC1. The zero-order chi connectivity index (χ0) is 24.1. The van der Waals surface area contributed by atoms with E-state index in [4.69, 9.17) is 25.8 Å². The van der Waals surface area contributed by atoms with Crippen molar-refractivity contribution in [1.82, 2.24) is 14.6 Å². The van der Waals surface area contributed by atoms with E-state index in [1.54, 1.807) is 48.2 Å². The predicted molar refractivity (Wildman–Crippen MR) is 127 cm³/mol. The number of H-pyrrole nitrogens is 1. The van der Waals surface area contributed by atoms with Crippen molar-refractivity contribution < 1.29 is 19.0 Å². The number of aromatic amines is 1. The zero-order valence-corrected chi connectivity index (χ0v) is 19.2. The molecule has 0 spiro atoms. The fourth-order valence-corrected chi connectivity index (χ4v) is 3.76. The molecule has 34 heavy (non-hydrogen) atoms. The number of rotatable bonds is 7. The molecule has 1 saturated heterocycles. The van der Waals surface area contributed by atoms with Gasteiger partial charge in [-0.1, -0.05) is 23.7 Å². The van der Waals surface area contributed by atoms with Crippen molar-refractivity contribution in [2.24, 2.45) is 5.10 Å². The lowest BCUT2D eigenvalue weighted by atomic mass is 10.2. The Morgan fingerprint density at radius 3 is 2.74 bits per heavy atom. The summed E-state index contributed by atoms with van der Waals surface area (Å²) in [5.74, 6) is 0.358. The van der Waals surface area contributed by atoms with Gasteiger partial charge in [0.05, 0.1) is 42.0 Å². The van der Waals surface area contributed by atoms with E-state index < -0.39 is 11.2 Å². The maximum absolute atomic E-state index is 12.7. The number of amides is 1. The third-order valence-electron chi connectivity index (χ3n) is 5.14. The Labute approximate surface area is 199 Å². The normalized spacial score (nSPS) is 14.0. The Kier molecular flexibility index (Phi) is 7.29. The van der Waals surface area contributed by atoms with Gasteiger partial charge in [0.15, 0.2) is 18.1 Å². The number of nitrogens with one attached hydrogen (secondary N) is 1. The highest BCUT2D eigenvalue weighted by atomic mass is 35.5. The minimum absolute atomic E-state index is 0.178. The third kappa shape index (κ3) is 5.13. The number of benzene rings is 2. The molecule has 4 rings (SSSR count). The Bertz CT molecular complexity index is 1340. The van der Waals surface area contributed by atoms with Gasteiger partial charge in [-0.2, -0.15) is 5.10 Å². The molecule has 0 atom stereocenters. The largest absolute Gasteiger partial charge is 0.490 e. The molecule has 1 aliphatic heterocycles. The first kappa shape index (κ1) is 23.5. The minimum Gasteiger partial charge on any atom is -0.490 e. The maximum atomic E-state index is 12.7. The van der Waals surface area contributed by atoms with Gasteiger partial charge in [-0.3, -0.25) is 9.59 Å². The standard InChI is InChI=1S/C23H23ClN4O6/c1-2-33-19-12-15(11-17(24)21(19)34-14-20(29)27-7-9-32-10-8-27)13-25-28-22(30)16-5-3-4-6-18(16)26-23(28)31/h3-6,11-13H,2,7-10,14H2,1H3,(H,26,31). The quantitative estimate of drug-likeness (QED) is 0.510. The lowest BCUT2D eigenvalue weighted by Crippen LogP contribution is -2.43. The molecule has 0 aliphatic carbocycles. The Morgan fingerprint density at radius 1 is 1.21 bits per heavy atom. The second-order valence-corrected chi connectivity index (χ2v) is 7.79. The summed E-state index contributed by atoms with van der Waals surface area (Å²) in [4.78, 5) is 41.7. The maximum Gasteiger partial charge on any atom is 0.349 e. The first-order valence-electron chi connectivity index (χ1n) is 10.7. The van der Waals surface area contributed by atoms with Gasteiger partial charge in [-0.25, -0.2) is 4.79 Å². The van der Waals surface area contributed by atoms with Crippen LogP contribution in [0.1, 0.15) is 12.5 Å². The predicted octanol–water partition coefficient (Wildman–Crippen LogP) is 1.86. The molecule has 1 amide bonds. The van der Waals surface area contributed by atoms with Crippen LogP contribution in [0.4, 0.5) is 0 Å². The number of aromatic nitrogens is 2. The summed E-state index contributed by atoms with van der Waals surface area (Å²) in [6, 6.07) is 9.82. The molecule has 1 aliphatic rings. The van der Waals surface area contributed by atoms with Gasteiger partial charge in [0, 0.05) is 13.1 Å². The van der Waals surface area contributed by atoms with E-state index in [0.29, 0.717) is 55.1 Å². The number of fused-ring (bicyclic) bond motifs is 1. The number of para-hydroxylation sites is 1. The molecule has 0 saturated carbocycles. The minimum atomic E-state index is -0.669. The molecule has 0 radical (unpaired) electrons. The number of halogens is 1. The topological polar surface area (TPSA) is 115 Å². The summed E-state index contributed by atoms with van der Waals surface area (Å²) in [7, 11) is 0. The van der Waals surface area contributed by atoms with Gasteiger partial charge in [0.1, 0.15) is 0 Å². The van der Waals surface area contributed by atoms with Gasteiger partial charge in [0.25, 0.3) is 11.5 Å². The average Bonchev–Trinajstić information content (AvgIpc) is 2.84. The van der Waals surface area contributed by atoms with Crippen molar-refractivity contribution in [2.45, 2.75) is 6.92 Å². The molecular weight excluding hydrogens is 464 g/mol. The lowest BCUT2D eigenvalue weighted by Gasteiger charge is -2.27. The summed E-state index contributed by atoms with van der Waals surface area (Å²) in [5, 5.41) is 4.57. The summed E-state index contributed by atoms with van der Waals surface area (Å²) < 4.78 is 17.3. The van der Waals surface area contributed by atoms with Gasteiger partial charge < -0.3 is 24.1 Å². The van der Waals surface area contributed by atoms with Crippen LogP contribution >= 0.6 is 11.6 Å². The molecule has 0 unspecified atom stereocenters. The number of ether oxygens (including phenoxy) is 3. The molecular formula is C23H23ClN4O6. The van der Waals surface area contributed by atoms with Gasteiger partial charge in [-0.05, 0) is 36.8 Å². The van der Waals surface area contributed by atoms with Crippen molar-refractivity contribution in [3.8, 4) is 11.5 Å². The van der Waals surface area contributed by atoms with Crippen LogP contribution in [-0.4, -0.2) is 66.2 Å². The van der Waals surface area contributed by atoms with Crippen LogP contribution in [0, 0.1) is 0 Å². The molecule has 1 N–H and O–H groups in total. The Balaban J connectivity index is 1.58. The van der Waals surface area contributed by atoms with Crippen molar-refractivity contribution in [1.29, 1.82) is 0 Å². The monoisotopic (exact) mass is 486 g/mol. The highest BCUT2D eigenvalue weighted by molar-refractivity contribution is 6.32. The van der Waals surface area contributed by atoms with Crippen molar-refractivity contribution >= 4 is 34.6 Å². The molecule has 1 fully saturated rings. The molecule has 2 heterocycles. The zero-order valence-electron chi connectivity index (χ0n) is 18.5. The summed E-state index contributed by atoms with van der Waals surface area (Å²) in [6.07, 6.45) is 1.32. The molecule has 10 nitrogen and oxygen atoms in total. The van der Waals surface area contributed by atoms with E-state index in [9.17, 15) is 14.4 Å². The van der Waals surface area contributed by atoms with Crippen LogP contribution < -0.4 is 20.7 Å². The molecule has 11 heteroatoms. The van der Waals surface area contributed by atoms with Gasteiger partial charge >= 0.3 is 5.69 Å². The van der Waals surface area contributed by atoms with Crippen LogP contribution in [0.2, 0.25) is 5.02 Å². The molecule has 178 valence electrons. The Morgan fingerprint density at radius 2 is 1.97 bits per heavy atom. The number of carbonyl (C=O) groups is 1. The fourth-order valence-electron chi connectivity index (χ4n) is 3.49. The first-order chi connectivity index (χ1) is 16.5. The van der Waals surface area contributed by atoms with Crippen LogP contribution in [0.25, 0.3) is 10.9 Å². The van der Waals surface area contributed by atoms with Crippen molar-refractivity contribution in [3.63, 3.8) is 0 Å². The number of carbonyl (C=O) groups excluding carboxylic acids is 1. The molecule has 1 aromatic heterocycles. The summed E-state index contributed by atoms with van der Waals surface area (Å²) in [6.45, 7) is 3.94. The van der Waals surface area contributed by atoms with E-state index in [1.807, 2.05) is 0 Å². The number of nitrogens with zero attached hydrogens (tertiary/aromatic N) is 3. The van der Waals surface area contributed by atoms with Crippen LogP contribution in [0.5, 0.6) is 11.5 Å². The number of hydrogen-bond acceptors (Lipinski definition) is 7. The van der Waals surface area contributed by atoms with Gasteiger partial charge in [-0.15, -0.1) is 4.68 Å². The molecule has 0 bridgehead atoms. The average molecular weight is 487 g/mol. The second-order valence-electron chi connectivity index (χ2n) is 7.38. The smallest absolute Gasteiger partial charge is 0.349 e. The van der Waals surface area contributed by atoms with E-state index in [1.165, 1.54) is 6.21 Å². The van der Waals surface area contributed by atoms with E-state index >= 15 is 0 Å². The first-order valence-corrected chi connectivity index (χ1v) is 11.1. The summed E-state index contributed by atoms with van der Waals surface area (Å²) >= 11 is 6.41. The van der Waals surface area contributed by atoms with Crippen molar-refractivity contribution in [2.75, 3.05) is 39.5 Å². The number of morpholine rings is 1. The van der Waals surface area contributed by atoms with Crippen LogP contribution in [0.15, 0.2) is 51.1 Å². The fraction of sp³-hybridized carbons (Fsp3) is 0.304. The molecule has 3 aromatic rings. The van der Waals surface area contributed by atoms with E-state index in [-0.39, 0.29) is 23.3 Å². The van der Waals surface area contributed by atoms with E-state index in [2.05, 4.69) is 10.1 Å².